The molecule has 0 atom stereocenters. The van der Waals surface area contributed by atoms with Gasteiger partial charge in [-0.05, 0) is 115 Å². The van der Waals surface area contributed by atoms with Gasteiger partial charge in [-0.2, -0.15) is 0 Å². The van der Waals surface area contributed by atoms with Crippen LogP contribution in [-0.2, 0) is 0 Å². The standard InChI is InChI=1S/C58H39NO/c1-3-14-40(15-4-1)45-20-11-21-46(38-45)51-23-8-7-22-50(51)42-28-32-47(33-29-42)59(49-36-37-55-54-24-9-10-27-56(54)60-57(55)39-49)48-34-30-43(31-35-48)53-26-13-19-44-18-12-25-52(58(44)53)41-16-5-2-6-17-41/h1-39H. The molecule has 0 amide bonds. The summed E-state index contributed by atoms with van der Waals surface area (Å²) in [4.78, 5) is 2.33. The molecule has 1 heterocycles. The van der Waals surface area contributed by atoms with Crippen LogP contribution in [0.25, 0.3) is 88.3 Å². The molecule has 0 aliphatic carbocycles. The number of anilines is 3. The summed E-state index contributed by atoms with van der Waals surface area (Å²) >= 11 is 0. The first-order valence-corrected chi connectivity index (χ1v) is 20.5. The van der Waals surface area contributed by atoms with E-state index in [0.29, 0.717) is 0 Å². The molecule has 0 aliphatic heterocycles. The van der Waals surface area contributed by atoms with Crippen LogP contribution in [0, 0.1) is 0 Å². The van der Waals surface area contributed by atoms with Crippen LogP contribution in [-0.4, -0.2) is 0 Å². The van der Waals surface area contributed by atoms with Crippen LogP contribution >= 0.6 is 0 Å². The molecule has 11 aromatic rings. The zero-order chi connectivity index (χ0) is 39.8. The lowest BCUT2D eigenvalue weighted by Gasteiger charge is -2.26. The van der Waals surface area contributed by atoms with E-state index in [1.165, 1.54) is 60.8 Å². The molecule has 11 rings (SSSR count). The summed E-state index contributed by atoms with van der Waals surface area (Å²) in [5.74, 6) is 0. The highest BCUT2D eigenvalue weighted by Crippen LogP contribution is 2.42. The molecule has 10 aromatic carbocycles. The summed E-state index contributed by atoms with van der Waals surface area (Å²) in [6.45, 7) is 0. The SMILES string of the molecule is c1ccc(-c2cccc(-c3ccccc3-c3ccc(N(c4ccc(-c5cccc6cccc(-c7ccccc7)c56)cc4)c4ccc5c(c4)oc4ccccc45)cc3)c2)cc1. The molecule has 0 N–H and O–H groups in total. The molecule has 0 aliphatic rings. The van der Waals surface area contributed by atoms with Gasteiger partial charge in [0.1, 0.15) is 11.2 Å². The van der Waals surface area contributed by atoms with E-state index in [-0.39, 0.29) is 0 Å². The lowest BCUT2D eigenvalue weighted by atomic mass is 9.91. The number of hydrogen-bond acceptors (Lipinski definition) is 2. The van der Waals surface area contributed by atoms with Crippen LogP contribution in [0.1, 0.15) is 0 Å². The molecule has 60 heavy (non-hydrogen) atoms. The van der Waals surface area contributed by atoms with Gasteiger partial charge in [-0.1, -0.05) is 182 Å². The molecule has 282 valence electrons. The average Bonchev–Trinajstić information content (AvgIpc) is 3.70. The number of furan rings is 1. The minimum absolute atomic E-state index is 0.864. The van der Waals surface area contributed by atoms with Gasteiger partial charge in [0, 0.05) is 33.9 Å². The van der Waals surface area contributed by atoms with Crippen LogP contribution < -0.4 is 4.90 Å². The maximum atomic E-state index is 6.42. The van der Waals surface area contributed by atoms with E-state index in [9.17, 15) is 0 Å². The third kappa shape index (κ3) is 6.41. The van der Waals surface area contributed by atoms with Gasteiger partial charge in [0.05, 0.1) is 0 Å². The smallest absolute Gasteiger partial charge is 0.137 e. The summed E-state index contributed by atoms with van der Waals surface area (Å²) in [5.41, 5.74) is 16.9. The Hall–Kier alpha value is -7.94. The molecular formula is C58H39NO. The molecule has 0 saturated carbocycles. The summed E-state index contributed by atoms with van der Waals surface area (Å²) in [5, 5.41) is 4.72. The summed E-state index contributed by atoms with van der Waals surface area (Å²) in [6.07, 6.45) is 0. The van der Waals surface area contributed by atoms with Crippen molar-refractivity contribution in [1.29, 1.82) is 0 Å². The fourth-order valence-electron chi connectivity index (χ4n) is 8.80. The summed E-state index contributed by atoms with van der Waals surface area (Å²) in [6, 6.07) is 84.8. The number of para-hydroxylation sites is 1. The van der Waals surface area contributed by atoms with E-state index in [1.54, 1.807) is 0 Å². The predicted molar refractivity (Wildman–Crippen MR) is 253 cm³/mol. The Morgan fingerprint density at radius 1 is 0.267 bits per heavy atom. The van der Waals surface area contributed by atoms with Crippen molar-refractivity contribution in [2.45, 2.75) is 0 Å². The maximum absolute atomic E-state index is 6.42. The second kappa shape index (κ2) is 15.1. The molecule has 0 spiro atoms. The Balaban J connectivity index is 1.00. The second-order valence-electron chi connectivity index (χ2n) is 15.3. The van der Waals surface area contributed by atoms with Crippen LogP contribution in [0.5, 0.6) is 0 Å². The average molecular weight is 766 g/mol. The molecule has 0 fully saturated rings. The van der Waals surface area contributed by atoms with Crippen molar-refractivity contribution in [2.24, 2.45) is 0 Å². The van der Waals surface area contributed by atoms with E-state index in [4.69, 9.17) is 4.42 Å². The third-order valence-electron chi connectivity index (χ3n) is 11.7. The zero-order valence-corrected chi connectivity index (χ0v) is 32.9. The fourth-order valence-corrected chi connectivity index (χ4v) is 8.80. The van der Waals surface area contributed by atoms with Crippen LogP contribution in [0.3, 0.4) is 0 Å². The number of rotatable bonds is 8. The molecule has 0 saturated heterocycles. The van der Waals surface area contributed by atoms with Crippen molar-refractivity contribution in [3.63, 3.8) is 0 Å². The molecule has 2 nitrogen and oxygen atoms in total. The number of benzene rings is 10. The number of hydrogen-bond donors (Lipinski definition) is 0. The van der Waals surface area contributed by atoms with Crippen molar-refractivity contribution >= 4 is 49.8 Å². The monoisotopic (exact) mass is 765 g/mol. The molecule has 0 unspecified atom stereocenters. The van der Waals surface area contributed by atoms with Gasteiger partial charge in [0.25, 0.3) is 0 Å². The quantitative estimate of drug-likeness (QED) is 0.153. The van der Waals surface area contributed by atoms with E-state index >= 15 is 0 Å². The van der Waals surface area contributed by atoms with E-state index in [0.717, 1.165) is 44.6 Å². The van der Waals surface area contributed by atoms with Gasteiger partial charge in [-0.15, -0.1) is 0 Å². The van der Waals surface area contributed by atoms with Crippen molar-refractivity contribution in [3.05, 3.63) is 237 Å². The van der Waals surface area contributed by atoms with E-state index in [2.05, 4.69) is 229 Å². The number of nitrogens with zero attached hydrogens (tertiary/aromatic N) is 1. The van der Waals surface area contributed by atoms with Crippen molar-refractivity contribution < 1.29 is 4.42 Å². The Kier molecular flexibility index (Phi) is 8.87. The molecule has 0 bridgehead atoms. The van der Waals surface area contributed by atoms with Gasteiger partial charge < -0.3 is 9.32 Å². The first-order chi connectivity index (χ1) is 29.7. The Morgan fingerprint density at radius 3 is 1.42 bits per heavy atom. The highest BCUT2D eigenvalue weighted by molar-refractivity contribution is 6.07. The maximum Gasteiger partial charge on any atom is 0.137 e. The van der Waals surface area contributed by atoms with Crippen molar-refractivity contribution in [3.8, 4) is 55.6 Å². The normalized spacial score (nSPS) is 11.3. The number of fused-ring (bicyclic) bond motifs is 4. The van der Waals surface area contributed by atoms with Gasteiger partial charge in [0.15, 0.2) is 0 Å². The predicted octanol–water partition coefficient (Wildman–Crippen LogP) is 16.5. The topological polar surface area (TPSA) is 16.4 Å². The first kappa shape index (κ1) is 35.2. The largest absolute Gasteiger partial charge is 0.456 e. The minimum Gasteiger partial charge on any atom is -0.456 e. The van der Waals surface area contributed by atoms with Crippen LogP contribution in [0.15, 0.2) is 241 Å². The highest BCUT2D eigenvalue weighted by atomic mass is 16.3. The second-order valence-corrected chi connectivity index (χ2v) is 15.3. The van der Waals surface area contributed by atoms with Gasteiger partial charge in [-0.25, -0.2) is 0 Å². The molecular weight excluding hydrogens is 727 g/mol. The fraction of sp³-hybridized carbons (Fsp3) is 0. The van der Waals surface area contributed by atoms with E-state index in [1.807, 2.05) is 12.1 Å². The summed E-state index contributed by atoms with van der Waals surface area (Å²) < 4.78 is 6.42. The third-order valence-corrected chi connectivity index (χ3v) is 11.7. The molecule has 0 radical (unpaired) electrons. The van der Waals surface area contributed by atoms with Crippen molar-refractivity contribution in [2.75, 3.05) is 4.90 Å². The lowest BCUT2D eigenvalue weighted by molar-refractivity contribution is 0.669. The minimum atomic E-state index is 0.864. The molecule has 1 aromatic heterocycles. The highest BCUT2D eigenvalue weighted by Gasteiger charge is 2.18. The Bertz CT molecular complexity index is 3290. The summed E-state index contributed by atoms with van der Waals surface area (Å²) in [7, 11) is 0. The Labute approximate surface area is 349 Å². The Morgan fingerprint density at radius 2 is 0.733 bits per heavy atom. The van der Waals surface area contributed by atoms with Crippen molar-refractivity contribution in [1.82, 2.24) is 0 Å². The van der Waals surface area contributed by atoms with Crippen LogP contribution in [0.2, 0.25) is 0 Å². The van der Waals surface area contributed by atoms with Gasteiger partial charge in [0.2, 0.25) is 0 Å². The van der Waals surface area contributed by atoms with E-state index < -0.39 is 0 Å². The van der Waals surface area contributed by atoms with Crippen LogP contribution in [0.4, 0.5) is 17.1 Å². The first-order valence-electron chi connectivity index (χ1n) is 20.5. The molecule has 2 heteroatoms. The van der Waals surface area contributed by atoms with Gasteiger partial charge in [-0.3, -0.25) is 0 Å². The van der Waals surface area contributed by atoms with Gasteiger partial charge >= 0.3 is 0 Å². The zero-order valence-electron chi connectivity index (χ0n) is 32.9. The lowest BCUT2D eigenvalue weighted by Crippen LogP contribution is -2.09.